The smallest absolute Gasteiger partial charge is 0.416 e. The number of halogens is 1. The van der Waals surface area contributed by atoms with Crippen LogP contribution in [-0.4, -0.2) is 55.9 Å². The van der Waals surface area contributed by atoms with Crippen molar-refractivity contribution in [3.05, 3.63) is 29.3 Å². The van der Waals surface area contributed by atoms with Crippen molar-refractivity contribution in [2.75, 3.05) is 26.2 Å². The first-order valence-corrected chi connectivity index (χ1v) is 10.1. The number of amides is 2. The van der Waals surface area contributed by atoms with Crippen molar-refractivity contribution < 1.29 is 22.7 Å². The molecule has 25 heavy (non-hydrogen) atoms. The van der Waals surface area contributed by atoms with Crippen LogP contribution in [0.2, 0.25) is 5.02 Å². The Kier molecular flexibility index (Phi) is 5.01. The van der Waals surface area contributed by atoms with Crippen molar-refractivity contribution in [1.82, 2.24) is 9.21 Å². The minimum absolute atomic E-state index is 0.0297. The molecule has 1 saturated heterocycles. The number of piperazine rings is 1. The molecule has 0 saturated carbocycles. The van der Waals surface area contributed by atoms with Gasteiger partial charge in [0.25, 0.3) is 10.0 Å². The lowest BCUT2D eigenvalue weighted by molar-refractivity contribution is -0.132. The van der Waals surface area contributed by atoms with Crippen LogP contribution in [0.3, 0.4) is 0 Å². The Morgan fingerprint density at radius 2 is 2.08 bits per heavy atom. The maximum atomic E-state index is 12.8. The lowest BCUT2D eigenvalue weighted by Gasteiger charge is -2.31. The Morgan fingerprint density at radius 3 is 2.76 bits per heavy atom. The summed E-state index contributed by atoms with van der Waals surface area (Å²) in [5.41, 5.74) is 0. The molecule has 1 aliphatic heterocycles. The number of ether oxygens (including phenoxy) is 1. The maximum Gasteiger partial charge on any atom is 0.416 e. The Bertz CT molecular complexity index is 941. The van der Waals surface area contributed by atoms with E-state index < -0.39 is 28.6 Å². The quantitative estimate of drug-likeness (QED) is 0.787. The number of fused-ring (bicyclic) bond motifs is 1. The molecule has 0 atom stereocenters. The average molecular weight is 403 g/mol. The zero-order chi connectivity index (χ0) is 18.2. The molecule has 2 aromatic rings. The lowest BCUT2D eigenvalue weighted by Crippen LogP contribution is -2.54. The number of thiophene rings is 1. The van der Waals surface area contributed by atoms with Crippen LogP contribution in [0, 0.1) is 0 Å². The van der Waals surface area contributed by atoms with Crippen molar-refractivity contribution in [2.45, 2.75) is 11.1 Å². The molecule has 3 rings (SSSR count). The molecule has 0 bridgehead atoms. The van der Waals surface area contributed by atoms with Gasteiger partial charge >= 0.3 is 6.09 Å². The van der Waals surface area contributed by atoms with Crippen molar-refractivity contribution >= 4 is 55.0 Å². The fourth-order valence-electron chi connectivity index (χ4n) is 2.49. The molecular formula is C15H15ClN2O5S2. The first-order chi connectivity index (χ1) is 11.8. The largest absolute Gasteiger partial charge is 0.449 e. The van der Waals surface area contributed by atoms with Crippen LogP contribution in [-0.2, 0) is 19.6 Å². The third kappa shape index (κ3) is 3.50. The second-order valence-electron chi connectivity index (χ2n) is 5.33. The highest BCUT2D eigenvalue weighted by Crippen LogP contribution is 2.33. The third-order valence-electron chi connectivity index (χ3n) is 3.73. The number of carbonyl (C=O) groups is 2. The molecular weight excluding hydrogens is 388 g/mol. The van der Waals surface area contributed by atoms with E-state index in [1.165, 1.54) is 0 Å². The van der Waals surface area contributed by atoms with Gasteiger partial charge in [-0.2, -0.15) is 4.31 Å². The van der Waals surface area contributed by atoms with Crippen molar-refractivity contribution in [1.29, 1.82) is 0 Å². The first-order valence-electron chi connectivity index (χ1n) is 7.49. The molecule has 1 aromatic heterocycles. The fourth-order valence-corrected chi connectivity index (χ4v) is 5.70. The molecule has 0 aliphatic carbocycles. The van der Waals surface area contributed by atoms with Gasteiger partial charge in [-0.1, -0.05) is 17.7 Å². The van der Waals surface area contributed by atoms with Crippen LogP contribution >= 0.6 is 22.9 Å². The topological polar surface area (TPSA) is 84.0 Å². The van der Waals surface area contributed by atoms with E-state index in [9.17, 15) is 18.0 Å². The number of rotatable bonds is 3. The normalized spacial score (nSPS) is 16.4. The van der Waals surface area contributed by atoms with Gasteiger partial charge in [0, 0.05) is 22.8 Å². The van der Waals surface area contributed by atoms with E-state index in [-0.39, 0.29) is 23.9 Å². The van der Waals surface area contributed by atoms with Crippen molar-refractivity contribution in [3.8, 4) is 0 Å². The summed E-state index contributed by atoms with van der Waals surface area (Å²) in [4.78, 5) is 24.7. The summed E-state index contributed by atoms with van der Waals surface area (Å²) in [5.74, 6) is -0.600. The summed E-state index contributed by atoms with van der Waals surface area (Å²) >= 11 is 7.03. The summed E-state index contributed by atoms with van der Waals surface area (Å²) in [5, 5.41) is 1.29. The minimum Gasteiger partial charge on any atom is -0.449 e. The first kappa shape index (κ1) is 18.1. The van der Waals surface area contributed by atoms with Gasteiger partial charge < -0.3 is 4.74 Å². The lowest BCUT2D eigenvalue weighted by atomic mass is 10.3. The highest BCUT2D eigenvalue weighted by Gasteiger charge is 2.36. The van der Waals surface area contributed by atoms with Crippen LogP contribution in [0.1, 0.15) is 6.92 Å². The Labute approximate surface area is 153 Å². The second kappa shape index (κ2) is 6.91. The highest BCUT2D eigenvalue weighted by molar-refractivity contribution is 7.91. The summed E-state index contributed by atoms with van der Waals surface area (Å²) in [7, 11) is -3.82. The number of carbonyl (C=O) groups excluding carboxylic acids is 2. The van der Waals surface area contributed by atoms with Crippen LogP contribution < -0.4 is 0 Å². The Hall–Kier alpha value is -1.68. The SMILES string of the molecule is CCOC(=O)N1CCN(S(=O)(=O)c2cc3ccc(Cl)cc3s2)CC1=O. The van der Waals surface area contributed by atoms with Crippen LogP contribution in [0.25, 0.3) is 10.1 Å². The standard InChI is InChI=1S/C15H15ClN2O5S2/c1-2-23-15(20)18-6-5-17(9-13(18)19)25(21,22)14-7-10-3-4-11(16)8-12(10)24-14/h3-4,7-8H,2,5-6,9H2,1H3. The predicted octanol–water partition coefficient (Wildman–Crippen LogP) is 2.54. The Morgan fingerprint density at radius 1 is 1.32 bits per heavy atom. The van der Waals surface area contributed by atoms with Gasteiger partial charge in [-0.15, -0.1) is 11.3 Å². The van der Waals surface area contributed by atoms with Crippen molar-refractivity contribution in [2.24, 2.45) is 0 Å². The summed E-state index contributed by atoms with van der Waals surface area (Å²) in [6.07, 6.45) is -0.749. The van der Waals surface area contributed by atoms with Crippen molar-refractivity contribution in [3.63, 3.8) is 0 Å². The molecule has 1 aromatic carbocycles. The highest BCUT2D eigenvalue weighted by atomic mass is 35.5. The van der Waals surface area contributed by atoms with Gasteiger partial charge in [0.05, 0.1) is 13.2 Å². The van der Waals surface area contributed by atoms with Gasteiger partial charge in [-0.05, 0) is 30.5 Å². The molecule has 1 aliphatic rings. The summed E-state index contributed by atoms with van der Waals surface area (Å²) in [6.45, 7) is 1.39. The van der Waals surface area contributed by atoms with Gasteiger partial charge in [-0.3, -0.25) is 4.79 Å². The average Bonchev–Trinajstić information content (AvgIpc) is 2.98. The van der Waals surface area contributed by atoms with E-state index >= 15 is 0 Å². The Balaban J connectivity index is 1.83. The molecule has 2 heterocycles. The summed E-state index contributed by atoms with van der Waals surface area (Å²) in [6, 6.07) is 6.70. The van der Waals surface area contributed by atoms with Crippen LogP contribution in [0.15, 0.2) is 28.5 Å². The van der Waals surface area contributed by atoms with Gasteiger partial charge in [0.2, 0.25) is 5.91 Å². The molecule has 0 radical (unpaired) electrons. The van der Waals surface area contributed by atoms with Gasteiger partial charge in [0.15, 0.2) is 0 Å². The van der Waals surface area contributed by atoms with E-state index in [4.69, 9.17) is 16.3 Å². The van der Waals surface area contributed by atoms with Crippen LogP contribution in [0.4, 0.5) is 4.79 Å². The van der Waals surface area contributed by atoms with E-state index in [0.29, 0.717) is 5.02 Å². The molecule has 0 unspecified atom stereocenters. The molecule has 0 N–H and O–H groups in total. The van der Waals surface area contributed by atoms with E-state index in [0.717, 1.165) is 30.6 Å². The molecule has 7 nitrogen and oxygen atoms in total. The van der Waals surface area contributed by atoms with Gasteiger partial charge in [-0.25, -0.2) is 18.1 Å². The van der Waals surface area contributed by atoms with E-state index in [1.807, 2.05) is 0 Å². The number of imide groups is 1. The third-order valence-corrected chi connectivity index (χ3v) is 7.35. The zero-order valence-electron chi connectivity index (χ0n) is 13.3. The minimum atomic E-state index is -3.82. The number of benzene rings is 1. The monoisotopic (exact) mass is 402 g/mol. The fraction of sp³-hybridized carbons (Fsp3) is 0.333. The summed E-state index contributed by atoms with van der Waals surface area (Å²) < 4.78 is 32.4. The number of sulfonamides is 1. The predicted molar refractivity (Wildman–Crippen MR) is 94.3 cm³/mol. The maximum absolute atomic E-state index is 12.8. The van der Waals surface area contributed by atoms with E-state index in [2.05, 4.69) is 0 Å². The van der Waals surface area contributed by atoms with E-state index in [1.54, 1.807) is 31.2 Å². The molecule has 2 amide bonds. The molecule has 10 heteroatoms. The van der Waals surface area contributed by atoms with Gasteiger partial charge in [0.1, 0.15) is 4.21 Å². The zero-order valence-corrected chi connectivity index (χ0v) is 15.7. The number of hydrogen-bond donors (Lipinski definition) is 0. The molecule has 134 valence electrons. The number of hydrogen-bond acceptors (Lipinski definition) is 6. The molecule has 0 spiro atoms. The number of nitrogens with zero attached hydrogens (tertiary/aromatic N) is 2. The molecule has 1 fully saturated rings. The van der Waals surface area contributed by atoms with Crippen LogP contribution in [0.5, 0.6) is 0 Å². The second-order valence-corrected chi connectivity index (χ2v) is 9.02.